The molecule has 0 spiro atoms. The molecule has 0 saturated carbocycles. The van der Waals surface area contributed by atoms with E-state index in [0.717, 1.165) is 22.5 Å². The molecule has 0 bridgehead atoms. The molecule has 1 N–H and O–H groups in total. The molecule has 0 amide bonds. The van der Waals surface area contributed by atoms with Crippen molar-refractivity contribution in [2.24, 2.45) is 0 Å². The van der Waals surface area contributed by atoms with Gasteiger partial charge in [-0.25, -0.2) is 4.98 Å². The van der Waals surface area contributed by atoms with Gasteiger partial charge in [0.2, 0.25) is 0 Å². The van der Waals surface area contributed by atoms with E-state index in [1.165, 1.54) is 11.8 Å². The predicted molar refractivity (Wildman–Crippen MR) is 76.2 cm³/mol. The normalized spacial score (nSPS) is 11.1. The quantitative estimate of drug-likeness (QED) is 0.720. The third-order valence-electron chi connectivity index (χ3n) is 2.84. The summed E-state index contributed by atoms with van der Waals surface area (Å²) in [6.45, 7) is 2.30. The summed E-state index contributed by atoms with van der Waals surface area (Å²) in [7, 11) is 0. The van der Waals surface area contributed by atoms with Crippen molar-refractivity contribution >= 4 is 28.8 Å². The highest BCUT2D eigenvalue weighted by molar-refractivity contribution is 7.99. The van der Waals surface area contributed by atoms with Crippen molar-refractivity contribution in [3.63, 3.8) is 0 Å². The lowest BCUT2D eigenvalue weighted by atomic mass is 10.3. The Morgan fingerprint density at radius 2 is 2.38 bits per heavy atom. The number of rotatable bonds is 5. The lowest BCUT2D eigenvalue weighted by Gasteiger charge is -2.05. The molecule has 0 aliphatic rings. The summed E-state index contributed by atoms with van der Waals surface area (Å²) in [4.78, 5) is 19.2. The standard InChI is InChI=1S/C13H12N4O3S/c1-8-4-9(16-20-8)6-17-11-2-3-14-5-10(11)15-13(17)21-7-12(18)19/h2-5H,6-7H2,1H3,(H,18,19). The smallest absolute Gasteiger partial charge is 0.313 e. The van der Waals surface area contributed by atoms with Crippen molar-refractivity contribution in [3.05, 3.63) is 36.0 Å². The molecular formula is C13H12N4O3S. The second kappa shape index (κ2) is 5.57. The average Bonchev–Trinajstić information content (AvgIpc) is 3.01. The first-order valence-corrected chi connectivity index (χ1v) is 7.19. The number of carbonyl (C=O) groups is 1. The van der Waals surface area contributed by atoms with E-state index in [-0.39, 0.29) is 5.75 Å². The number of fused-ring (bicyclic) bond motifs is 1. The summed E-state index contributed by atoms with van der Waals surface area (Å²) in [6, 6.07) is 3.69. The minimum Gasteiger partial charge on any atom is -0.481 e. The van der Waals surface area contributed by atoms with Crippen LogP contribution in [0.15, 0.2) is 34.2 Å². The molecule has 8 heteroatoms. The van der Waals surface area contributed by atoms with Crippen molar-refractivity contribution in [1.82, 2.24) is 19.7 Å². The van der Waals surface area contributed by atoms with Crippen LogP contribution >= 0.6 is 11.8 Å². The van der Waals surface area contributed by atoms with Gasteiger partial charge < -0.3 is 14.2 Å². The Labute approximate surface area is 124 Å². The number of imidazole rings is 1. The fourth-order valence-electron chi connectivity index (χ4n) is 2.00. The monoisotopic (exact) mass is 304 g/mol. The van der Waals surface area contributed by atoms with E-state index in [2.05, 4.69) is 15.1 Å². The number of hydrogen-bond donors (Lipinski definition) is 1. The molecule has 21 heavy (non-hydrogen) atoms. The van der Waals surface area contributed by atoms with Crippen LogP contribution in [0.4, 0.5) is 0 Å². The fourth-order valence-corrected chi connectivity index (χ4v) is 2.74. The average molecular weight is 304 g/mol. The molecular weight excluding hydrogens is 292 g/mol. The van der Waals surface area contributed by atoms with Crippen LogP contribution < -0.4 is 0 Å². The number of carboxylic acids is 1. The zero-order valence-electron chi connectivity index (χ0n) is 11.2. The summed E-state index contributed by atoms with van der Waals surface area (Å²) >= 11 is 1.17. The Morgan fingerprint density at radius 3 is 3.10 bits per heavy atom. The Kier molecular flexibility index (Phi) is 3.61. The van der Waals surface area contributed by atoms with Gasteiger partial charge in [0.1, 0.15) is 17.0 Å². The zero-order valence-corrected chi connectivity index (χ0v) is 12.0. The minimum absolute atomic E-state index is 0.0470. The van der Waals surface area contributed by atoms with Crippen LogP contribution in [0.5, 0.6) is 0 Å². The molecule has 0 fully saturated rings. The molecule has 3 aromatic rings. The second-order valence-electron chi connectivity index (χ2n) is 4.46. The van der Waals surface area contributed by atoms with Crippen LogP contribution in [-0.2, 0) is 11.3 Å². The number of thioether (sulfide) groups is 1. The van der Waals surface area contributed by atoms with Gasteiger partial charge >= 0.3 is 5.97 Å². The Morgan fingerprint density at radius 1 is 1.52 bits per heavy atom. The first-order valence-electron chi connectivity index (χ1n) is 6.20. The van der Waals surface area contributed by atoms with Crippen LogP contribution in [0.1, 0.15) is 11.5 Å². The number of hydrogen-bond acceptors (Lipinski definition) is 6. The minimum atomic E-state index is -0.881. The van der Waals surface area contributed by atoms with Gasteiger partial charge in [0.15, 0.2) is 5.16 Å². The lowest BCUT2D eigenvalue weighted by molar-refractivity contribution is -0.133. The summed E-state index contributed by atoms with van der Waals surface area (Å²) in [6.07, 6.45) is 3.34. The number of pyridine rings is 1. The van der Waals surface area contributed by atoms with E-state index < -0.39 is 5.97 Å². The summed E-state index contributed by atoms with van der Waals surface area (Å²) in [5.41, 5.74) is 2.38. The Bertz CT molecular complexity index is 796. The molecule has 3 aromatic heterocycles. The van der Waals surface area contributed by atoms with Crippen molar-refractivity contribution < 1.29 is 14.4 Å². The molecule has 0 aromatic carbocycles. The second-order valence-corrected chi connectivity index (χ2v) is 5.40. The third kappa shape index (κ3) is 2.89. The maximum absolute atomic E-state index is 10.8. The van der Waals surface area contributed by atoms with Gasteiger partial charge in [-0.15, -0.1) is 0 Å². The third-order valence-corrected chi connectivity index (χ3v) is 3.80. The molecule has 3 rings (SSSR count). The number of carboxylic acid groups (broad SMARTS) is 1. The summed E-state index contributed by atoms with van der Waals surface area (Å²) in [5.74, 6) is -0.195. The summed E-state index contributed by atoms with van der Waals surface area (Å²) in [5, 5.41) is 13.4. The van der Waals surface area contributed by atoms with Gasteiger partial charge in [-0.05, 0) is 13.0 Å². The van der Waals surface area contributed by atoms with Crippen LogP contribution in [0.25, 0.3) is 11.0 Å². The van der Waals surface area contributed by atoms with Crippen LogP contribution in [0.3, 0.4) is 0 Å². The molecule has 0 unspecified atom stereocenters. The van der Waals surface area contributed by atoms with Crippen molar-refractivity contribution in [1.29, 1.82) is 0 Å². The van der Waals surface area contributed by atoms with E-state index in [4.69, 9.17) is 9.63 Å². The molecule has 108 valence electrons. The maximum atomic E-state index is 10.8. The van der Waals surface area contributed by atoms with E-state index in [1.807, 2.05) is 23.6 Å². The van der Waals surface area contributed by atoms with E-state index in [1.54, 1.807) is 12.4 Å². The topological polar surface area (TPSA) is 94.0 Å². The van der Waals surface area contributed by atoms with E-state index in [0.29, 0.717) is 11.7 Å². The van der Waals surface area contributed by atoms with Gasteiger partial charge in [0.25, 0.3) is 0 Å². The molecule has 0 saturated heterocycles. The van der Waals surface area contributed by atoms with Gasteiger partial charge in [-0.2, -0.15) is 0 Å². The van der Waals surface area contributed by atoms with Crippen molar-refractivity contribution in [2.45, 2.75) is 18.6 Å². The highest BCUT2D eigenvalue weighted by Gasteiger charge is 2.14. The van der Waals surface area contributed by atoms with Crippen LogP contribution in [0.2, 0.25) is 0 Å². The number of nitrogens with zero attached hydrogens (tertiary/aromatic N) is 4. The molecule has 0 atom stereocenters. The SMILES string of the molecule is Cc1cc(Cn2c(SCC(=O)O)nc3cnccc32)no1. The molecule has 7 nitrogen and oxygen atoms in total. The molecule has 3 heterocycles. The van der Waals surface area contributed by atoms with Gasteiger partial charge in [-0.3, -0.25) is 9.78 Å². The Hall–Kier alpha value is -2.35. The van der Waals surface area contributed by atoms with Crippen LogP contribution in [0, 0.1) is 6.92 Å². The van der Waals surface area contributed by atoms with Crippen molar-refractivity contribution in [2.75, 3.05) is 5.75 Å². The fraction of sp³-hybridized carbons (Fsp3) is 0.231. The lowest BCUT2D eigenvalue weighted by Crippen LogP contribution is -2.04. The summed E-state index contributed by atoms with van der Waals surface area (Å²) < 4.78 is 6.98. The molecule has 0 radical (unpaired) electrons. The van der Waals surface area contributed by atoms with Gasteiger partial charge in [0, 0.05) is 12.3 Å². The highest BCUT2D eigenvalue weighted by atomic mass is 32.2. The highest BCUT2D eigenvalue weighted by Crippen LogP contribution is 2.24. The predicted octanol–water partition coefficient (Wildman–Crippen LogP) is 1.95. The molecule has 0 aliphatic heterocycles. The zero-order chi connectivity index (χ0) is 14.8. The Balaban J connectivity index is 2.00. The number of aliphatic carboxylic acids is 1. The number of aromatic nitrogens is 4. The van der Waals surface area contributed by atoms with E-state index >= 15 is 0 Å². The first-order chi connectivity index (χ1) is 10.1. The largest absolute Gasteiger partial charge is 0.481 e. The number of aryl methyl sites for hydroxylation is 1. The van der Waals surface area contributed by atoms with Crippen molar-refractivity contribution in [3.8, 4) is 0 Å². The maximum Gasteiger partial charge on any atom is 0.313 e. The van der Waals surface area contributed by atoms with Gasteiger partial charge in [-0.1, -0.05) is 16.9 Å². The van der Waals surface area contributed by atoms with Crippen LogP contribution in [-0.4, -0.2) is 36.5 Å². The van der Waals surface area contributed by atoms with E-state index in [9.17, 15) is 4.79 Å². The first kappa shape index (κ1) is 13.6. The molecule has 0 aliphatic carbocycles. The van der Waals surface area contributed by atoms with Gasteiger partial charge in [0.05, 0.1) is 24.0 Å².